The van der Waals surface area contributed by atoms with Crippen molar-refractivity contribution in [3.05, 3.63) is 46.2 Å². The van der Waals surface area contributed by atoms with E-state index in [4.69, 9.17) is 0 Å². The van der Waals surface area contributed by atoms with Gasteiger partial charge in [0.1, 0.15) is 5.01 Å². The summed E-state index contributed by atoms with van der Waals surface area (Å²) < 4.78 is 1.68. The van der Waals surface area contributed by atoms with Crippen LogP contribution >= 0.6 is 11.3 Å². The van der Waals surface area contributed by atoms with Crippen LogP contribution in [0.25, 0.3) is 4.96 Å². The molecule has 1 amide bonds. The minimum Gasteiger partial charge on any atom is -0.345 e. The number of aryl methyl sites for hydroxylation is 1. The first-order valence-corrected chi connectivity index (χ1v) is 8.23. The number of hydrogen-bond acceptors (Lipinski definition) is 5. The number of aromatic nitrogens is 4. The number of benzene rings is 1. The van der Waals surface area contributed by atoms with Crippen LogP contribution in [0, 0.1) is 6.92 Å². The van der Waals surface area contributed by atoms with Gasteiger partial charge in [-0.15, -0.1) is 10.2 Å². The second-order valence-corrected chi connectivity index (χ2v) is 7.49. The van der Waals surface area contributed by atoms with Crippen LogP contribution in [0.4, 0.5) is 0 Å². The molecule has 1 aromatic carbocycles. The first-order valence-electron chi connectivity index (χ1n) is 7.41. The van der Waals surface area contributed by atoms with Gasteiger partial charge in [-0.3, -0.25) is 4.79 Å². The van der Waals surface area contributed by atoms with Crippen LogP contribution in [-0.4, -0.2) is 25.7 Å². The lowest BCUT2D eigenvalue weighted by atomic mass is 9.87. The molecule has 0 radical (unpaired) electrons. The number of nitrogens with zero attached hydrogens (tertiary/aromatic N) is 4. The quantitative estimate of drug-likeness (QED) is 0.802. The predicted octanol–water partition coefficient (Wildman–Crippen LogP) is 2.72. The Hall–Kier alpha value is -2.28. The highest BCUT2D eigenvalue weighted by molar-refractivity contribution is 7.16. The number of carbonyl (C=O) groups excluding carboxylic acids is 1. The summed E-state index contributed by atoms with van der Waals surface area (Å²) in [5.74, 6) is 0.639. The molecule has 120 valence electrons. The Balaban J connectivity index is 1.67. The molecular weight excluding hydrogens is 310 g/mol. The van der Waals surface area contributed by atoms with Crippen LogP contribution in [-0.2, 0) is 12.0 Å². The summed E-state index contributed by atoms with van der Waals surface area (Å²) in [6, 6.07) is 7.72. The van der Waals surface area contributed by atoms with E-state index in [9.17, 15) is 4.79 Å². The third-order valence-electron chi connectivity index (χ3n) is 3.60. The van der Waals surface area contributed by atoms with Crippen LogP contribution in [0.2, 0.25) is 0 Å². The first-order chi connectivity index (χ1) is 10.8. The average molecular weight is 329 g/mol. The lowest BCUT2D eigenvalue weighted by Crippen LogP contribution is -2.23. The van der Waals surface area contributed by atoms with Gasteiger partial charge in [0.15, 0.2) is 5.82 Å². The molecule has 0 spiro atoms. The zero-order valence-corrected chi connectivity index (χ0v) is 14.4. The molecule has 0 atom stereocenters. The number of nitrogens with one attached hydrogen (secondary N) is 1. The third kappa shape index (κ3) is 3.24. The molecule has 3 rings (SSSR count). The van der Waals surface area contributed by atoms with Crippen molar-refractivity contribution in [2.75, 3.05) is 0 Å². The molecular formula is C16H19N5OS. The number of amides is 1. The second kappa shape index (κ2) is 5.73. The van der Waals surface area contributed by atoms with Gasteiger partial charge in [-0.25, -0.2) is 0 Å². The van der Waals surface area contributed by atoms with E-state index in [0.717, 1.165) is 15.8 Å². The van der Waals surface area contributed by atoms with Crippen molar-refractivity contribution < 1.29 is 4.79 Å². The monoisotopic (exact) mass is 329 g/mol. The molecule has 0 saturated heterocycles. The van der Waals surface area contributed by atoms with Crippen LogP contribution in [0.15, 0.2) is 24.3 Å². The Bertz CT molecular complexity index is 842. The van der Waals surface area contributed by atoms with Gasteiger partial charge in [-0.05, 0) is 30.0 Å². The van der Waals surface area contributed by atoms with Gasteiger partial charge < -0.3 is 5.32 Å². The molecule has 0 aliphatic heterocycles. The molecule has 0 aliphatic rings. The van der Waals surface area contributed by atoms with Crippen molar-refractivity contribution in [2.24, 2.45) is 0 Å². The highest BCUT2D eigenvalue weighted by Gasteiger charge is 2.15. The fourth-order valence-corrected chi connectivity index (χ4v) is 3.02. The summed E-state index contributed by atoms with van der Waals surface area (Å²) in [6.07, 6.45) is 0. The zero-order chi connectivity index (χ0) is 16.6. The average Bonchev–Trinajstić information content (AvgIpc) is 3.06. The van der Waals surface area contributed by atoms with Crippen molar-refractivity contribution >= 4 is 22.2 Å². The molecule has 7 heteroatoms. The zero-order valence-electron chi connectivity index (χ0n) is 13.6. The molecule has 23 heavy (non-hydrogen) atoms. The topological polar surface area (TPSA) is 72.2 Å². The van der Waals surface area contributed by atoms with Crippen molar-refractivity contribution in [1.29, 1.82) is 0 Å². The summed E-state index contributed by atoms with van der Waals surface area (Å²) in [5, 5.41) is 16.0. The Morgan fingerprint density at radius 2 is 1.91 bits per heavy atom. The number of carbonyl (C=O) groups is 1. The molecule has 0 bridgehead atoms. The molecule has 2 aromatic heterocycles. The summed E-state index contributed by atoms with van der Waals surface area (Å²) in [7, 11) is 0. The van der Waals surface area contributed by atoms with Crippen LogP contribution in [0.3, 0.4) is 0 Å². The maximum Gasteiger partial charge on any atom is 0.251 e. The molecule has 2 heterocycles. The maximum absolute atomic E-state index is 12.2. The minimum absolute atomic E-state index is 0.0800. The summed E-state index contributed by atoms with van der Waals surface area (Å²) in [6.45, 7) is 8.68. The van der Waals surface area contributed by atoms with Gasteiger partial charge in [0.25, 0.3) is 5.91 Å². The summed E-state index contributed by atoms with van der Waals surface area (Å²) in [5.41, 5.74) is 1.94. The van der Waals surface area contributed by atoms with E-state index in [1.165, 1.54) is 16.9 Å². The molecule has 0 unspecified atom stereocenters. The van der Waals surface area contributed by atoms with Crippen LogP contribution in [0.5, 0.6) is 0 Å². The Labute approximate surface area is 138 Å². The van der Waals surface area contributed by atoms with Crippen LogP contribution in [0.1, 0.15) is 47.5 Å². The van der Waals surface area contributed by atoms with Gasteiger partial charge in [-0.1, -0.05) is 44.2 Å². The van der Waals surface area contributed by atoms with Crippen molar-refractivity contribution in [1.82, 2.24) is 25.1 Å². The lowest BCUT2D eigenvalue weighted by Gasteiger charge is -2.19. The van der Waals surface area contributed by atoms with E-state index in [2.05, 4.69) is 41.4 Å². The standard InChI is InChI=1S/C16H19N5OS/c1-10-18-19-15-21(10)20-13(23-15)9-17-14(22)11-5-7-12(8-6-11)16(2,3)4/h5-8H,9H2,1-4H3,(H,17,22). The minimum atomic E-state index is -0.104. The van der Waals surface area contributed by atoms with Gasteiger partial charge in [-0.2, -0.15) is 9.61 Å². The van der Waals surface area contributed by atoms with E-state index in [-0.39, 0.29) is 11.3 Å². The first kappa shape index (κ1) is 15.6. The highest BCUT2D eigenvalue weighted by atomic mass is 32.1. The van der Waals surface area contributed by atoms with Gasteiger partial charge >= 0.3 is 0 Å². The van der Waals surface area contributed by atoms with E-state index >= 15 is 0 Å². The molecule has 0 fully saturated rings. The maximum atomic E-state index is 12.2. The second-order valence-electron chi connectivity index (χ2n) is 6.45. The van der Waals surface area contributed by atoms with Crippen molar-refractivity contribution in [3.63, 3.8) is 0 Å². The van der Waals surface area contributed by atoms with Gasteiger partial charge in [0, 0.05) is 5.56 Å². The number of rotatable bonds is 3. The Morgan fingerprint density at radius 1 is 1.22 bits per heavy atom. The van der Waals surface area contributed by atoms with Crippen molar-refractivity contribution in [3.8, 4) is 0 Å². The molecule has 1 N–H and O–H groups in total. The fraction of sp³-hybridized carbons (Fsp3) is 0.375. The third-order valence-corrected chi connectivity index (χ3v) is 4.50. The van der Waals surface area contributed by atoms with E-state index in [0.29, 0.717) is 12.1 Å². The Morgan fingerprint density at radius 3 is 2.52 bits per heavy atom. The van der Waals surface area contributed by atoms with E-state index < -0.39 is 0 Å². The van der Waals surface area contributed by atoms with Crippen LogP contribution < -0.4 is 5.32 Å². The normalized spacial score (nSPS) is 11.8. The molecule has 3 aromatic rings. The molecule has 6 nitrogen and oxygen atoms in total. The number of hydrogen-bond donors (Lipinski definition) is 1. The van der Waals surface area contributed by atoms with E-state index in [1.807, 2.05) is 31.2 Å². The smallest absolute Gasteiger partial charge is 0.251 e. The van der Waals surface area contributed by atoms with E-state index in [1.54, 1.807) is 4.52 Å². The van der Waals surface area contributed by atoms with Gasteiger partial charge in [0.2, 0.25) is 4.96 Å². The summed E-state index contributed by atoms with van der Waals surface area (Å²) in [4.78, 5) is 13.0. The molecule has 0 saturated carbocycles. The van der Waals surface area contributed by atoms with Crippen molar-refractivity contribution in [2.45, 2.75) is 39.7 Å². The Kier molecular flexibility index (Phi) is 3.89. The SMILES string of the molecule is Cc1nnc2sc(CNC(=O)c3ccc(C(C)(C)C)cc3)nn12. The summed E-state index contributed by atoms with van der Waals surface area (Å²) >= 11 is 1.42. The lowest BCUT2D eigenvalue weighted by molar-refractivity contribution is 0.0950. The fourth-order valence-electron chi connectivity index (χ4n) is 2.21. The predicted molar refractivity (Wildman–Crippen MR) is 89.7 cm³/mol. The molecule has 0 aliphatic carbocycles. The number of fused-ring (bicyclic) bond motifs is 1. The highest BCUT2D eigenvalue weighted by Crippen LogP contribution is 2.22. The largest absolute Gasteiger partial charge is 0.345 e. The van der Waals surface area contributed by atoms with Gasteiger partial charge in [0.05, 0.1) is 6.54 Å².